The van der Waals surface area contributed by atoms with Gasteiger partial charge in [0.05, 0.1) is 0 Å². The van der Waals surface area contributed by atoms with Crippen LogP contribution in [0.5, 0.6) is 0 Å². The van der Waals surface area contributed by atoms with Gasteiger partial charge in [0.15, 0.2) is 0 Å². The molecule has 2 nitrogen and oxygen atoms in total. The molecule has 0 N–H and O–H groups in total. The third kappa shape index (κ3) is 6.69. The summed E-state index contributed by atoms with van der Waals surface area (Å²) >= 11 is 0. The number of furan rings is 1. The normalized spacial score (nSPS) is 11.3. The lowest BCUT2D eigenvalue weighted by Crippen LogP contribution is -2.09. The zero-order valence-corrected chi connectivity index (χ0v) is 33.5. The Morgan fingerprint density at radius 1 is 0.305 bits per heavy atom. The summed E-state index contributed by atoms with van der Waals surface area (Å²) in [6.45, 7) is 6.70. The third-order valence-electron chi connectivity index (χ3n) is 11.9. The van der Waals surface area contributed by atoms with Crippen molar-refractivity contribution in [3.05, 3.63) is 223 Å². The highest BCUT2D eigenvalue weighted by molar-refractivity contribution is 6.06. The van der Waals surface area contributed by atoms with E-state index < -0.39 is 0 Å². The van der Waals surface area contributed by atoms with Crippen LogP contribution in [0.1, 0.15) is 16.7 Å². The first-order chi connectivity index (χ1) is 29.0. The van der Waals surface area contributed by atoms with Crippen molar-refractivity contribution in [2.24, 2.45) is 0 Å². The van der Waals surface area contributed by atoms with Crippen LogP contribution < -0.4 is 4.90 Å². The van der Waals surface area contributed by atoms with Gasteiger partial charge in [-0.25, -0.2) is 0 Å². The molecule has 0 saturated carbocycles. The highest BCUT2D eigenvalue weighted by Gasteiger charge is 2.17. The fourth-order valence-corrected chi connectivity index (χ4v) is 8.71. The van der Waals surface area contributed by atoms with Gasteiger partial charge in [0.1, 0.15) is 11.2 Å². The van der Waals surface area contributed by atoms with Crippen molar-refractivity contribution in [3.8, 4) is 55.6 Å². The van der Waals surface area contributed by atoms with Crippen molar-refractivity contribution in [3.63, 3.8) is 0 Å². The van der Waals surface area contributed by atoms with E-state index in [0.29, 0.717) is 0 Å². The van der Waals surface area contributed by atoms with E-state index in [4.69, 9.17) is 4.42 Å². The quantitative estimate of drug-likeness (QED) is 0.153. The van der Waals surface area contributed by atoms with Crippen molar-refractivity contribution < 1.29 is 4.42 Å². The standard InChI is InChI=1S/C57H43NO/c1-38-13-7-8-16-49(38)51-19-12-21-53(40(51)3)52-20-11-18-50(39(52)2)44-27-34-48(35-28-44)58(46-30-23-42(24-31-46)41-14-5-4-6-15-41)47-32-25-43(26-33-47)45-29-36-57-55(37-45)54-17-9-10-22-56(54)59-57/h4-37H,1-3H3. The zero-order valence-electron chi connectivity index (χ0n) is 33.5. The zero-order chi connectivity index (χ0) is 39.9. The topological polar surface area (TPSA) is 16.4 Å². The minimum Gasteiger partial charge on any atom is -0.456 e. The van der Waals surface area contributed by atoms with Crippen LogP contribution in [0.25, 0.3) is 77.6 Å². The van der Waals surface area contributed by atoms with E-state index in [1.165, 1.54) is 61.2 Å². The second kappa shape index (κ2) is 15.2. The lowest BCUT2D eigenvalue weighted by molar-refractivity contribution is 0.669. The Hall–Kier alpha value is -7.42. The average Bonchev–Trinajstić information content (AvgIpc) is 3.66. The molecule has 0 unspecified atom stereocenters. The van der Waals surface area contributed by atoms with Gasteiger partial charge in [0.25, 0.3) is 0 Å². The summed E-state index contributed by atoms with van der Waals surface area (Å²) in [6.07, 6.45) is 0. The Balaban J connectivity index is 1.01. The van der Waals surface area contributed by atoms with Gasteiger partial charge >= 0.3 is 0 Å². The van der Waals surface area contributed by atoms with Crippen molar-refractivity contribution in [1.29, 1.82) is 0 Å². The molecule has 10 aromatic rings. The van der Waals surface area contributed by atoms with E-state index in [0.717, 1.165) is 50.1 Å². The Morgan fingerprint density at radius 2 is 0.746 bits per heavy atom. The predicted molar refractivity (Wildman–Crippen MR) is 250 cm³/mol. The van der Waals surface area contributed by atoms with Crippen LogP contribution in [0.3, 0.4) is 0 Å². The summed E-state index contributed by atoms with van der Waals surface area (Å²) in [4.78, 5) is 2.35. The van der Waals surface area contributed by atoms with E-state index in [2.05, 4.69) is 220 Å². The summed E-state index contributed by atoms with van der Waals surface area (Å²) in [7, 11) is 0. The Bertz CT molecular complexity index is 3100. The molecule has 0 atom stereocenters. The van der Waals surface area contributed by atoms with Gasteiger partial charge in [0.2, 0.25) is 0 Å². The van der Waals surface area contributed by atoms with Gasteiger partial charge in [-0.1, -0.05) is 152 Å². The van der Waals surface area contributed by atoms with Crippen LogP contribution in [0.2, 0.25) is 0 Å². The molecule has 0 amide bonds. The molecule has 1 heterocycles. The number of aryl methyl sites for hydroxylation is 1. The molecule has 1 aromatic heterocycles. The van der Waals surface area contributed by atoms with E-state index in [1.54, 1.807) is 0 Å². The van der Waals surface area contributed by atoms with Crippen molar-refractivity contribution in [1.82, 2.24) is 0 Å². The maximum absolute atomic E-state index is 6.12. The molecule has 0 saturated heterocycles. The summed E-state index contributed by atoms with van der Waals surface area (Å²) in [5.41, 5.74) is 21.2. The minimum atomic E-state index is 0.907. The van der Waals surface area contributed by atoms with Gasteiger partial charge in [-0.3, -0.25) is 0 Å². The monoisotopic (exact) mass is 757 g/mol. The first-order valence-electron chi connectivity index (χ1n) is 20.3. The maximum atomic E-state index is 6.12. The van der Waals surface area contributed by atoms with Gasteiger partial charge in [-0.15, -0.1) is 0 Å². The predicted octanol–water partition coefficient (Wildman–Crippen LogP) is 16.3. The number of rotatable bonds is 8. The van der Waals surface area contributed by atoms with Gasteiger partial charge < -0.3 is 9.32 Å². The second-order valence-electron chi connectivity index (χ2n) is 15.4. The molecule has 0 aliphatic heterocycles. The van der Waals surface area contributed by atoms with Crippen LogP contribution in [-0.4, -0.2) is 0 Å². The molecule has 0 aliphatic carbocycles. The summed E-state index contributed by atoms with van der Waals surface area (Å²) in [6, 6.07) is 74.2. The van der Waals surface area contributed by atoms with Crippen LogP contribution in [0, 0.1) is 20.8 Å². The summed E-state index contributed by atoms with van der Waals surface area (Å²) in [5.74, 6) is 0. The molecule has 59 heavy (non-hydrogen) atoms. The number of fused-ring (bicyclic) bond motifs is 3. The summed E-state index contributed by atoms with van der Waals surface area (Å²) < 4.78 is 6.12. The van der Waals surface area contributed by atoms with Gasteiger partial charge in [-0.2, -0.15) is 0 Å². The fraction of sp³-hybridized carbons (Fsp3) is 0.0526. The third-order valence-corrected chi connectivity index (χ3v) is 11.9. The first-order valence-corrected chi connectivity index (χ1v) is 20.3. The first kappa shape index (κ1) is 36.0. The van der Waals surface area contributed by atoms with Gasteiger partial charge in [0, 0.05) is 27.8 Å². The van der Waals surface area contributed by atoms with Crippen molar-refractivity contribution in [2.45, 2.75) is 20.8 Å². The SMILES string of the molecule is Cc1ccccc1-c1cccc(-c2cccc(-c3ccc(N(c4ccc(-c5ccccc5)cc4)c4ccc(-c5ccc6oc7ccccc7c6c5)cc4)cc3)c2C)c1C. The molecular formula is C57H43NO. The number of hydrogen-bond donors (Lipinski definition) is 0. The Morgan fingerprint density at radius 3 is 1.39 bits per heavy atom. The van der Waals surface area contributed by atoms with Crippen LogP contribution in [-0.2, 0) is 0 Å². The molecule has 9 aromatic carbocycles. The molecule has 10 rings (SSSR count). The molecule has 0 spiro atoms. The summed E-state index contributed by atoms with van der Waals surface area (Å²) in [5, 5.41) is 2.27. The van der Waals surface area contributed by atoms with E-state index >= 15 is 0 Å². The minimum absolute atomic E-state index is 0.907. The highest BCUT2D eigenvalue weighted by Crippen LogP contribution is 2.41. The number of hydrogen-bond acceptors (Lipinski definition) is 2. The van der Waals surface area contributed by atoms with Crippen LogP contribution >= 0.6 is 0 Å². The number of nitrogens with zero attached hydrogens (tertiary/aromatic N) is 1. The maximum Gasteiger partial charge on any atom is 0.135 e. The Kier molecular flexibility index (Phi) is 9.24. The Labute approximate surface area is 346 Å². The molecule has 0 radical (unpaired) electrons. The van der Waals surface area contributed by atoms with Crippen LogP contribution in [0.15, 0.2) is 211 Å². The van der Waals surface area contributed by atoms with E-state index in [1.807, 2.05) is 12.1 Å². The van der Waals surface area contributed by atoms with Crippen molar-refractivity contribution in [2.75, 3.05) is 4.90 Å². The van der Waals surface area contributed by atoms with E-state index in [9.17, 15) is 0 Å². The number of para-hydroxylation sites is 1. The fourth-order valence-electron chi connectivity index (χ4n) is 8.71. The lowest BCUT2D eigenvalue weighted by Gasteiger charge is -2.26. The molecule has 282 valence electrons. The average molecular weight is 758 g/mol. The molecule has 0 aliphatic rings. The number of benzene rings is 9. The lowest BCUT2D eigenvalue weighted by atomic mass is 9.87. The molecule has 0 bridgehead atoms. The smallest absolute Gasteiger partial charge is 0.135 e. The molecule has 0 fully saturated rings. The second-order valence-corrected chi connectivity index (χ2v) is 15.4. The molecule has 2 heteroatoms. The van der Waals surface area contributed by atoms with Crippen LogP contribution in [0.4, 0.5) is 17.1 Å². The number of anilines is 3. The van der Waals surface area contributed by atoms with Crippen molar-refractivity contribution >= 4 is 39.0 Å². The van der Waals surface area contributed by atoms with E-state index in [-0.39, 0.29) is 0 Å². The molecular weight excluding hydrogens is 715 g/mol. The van der Waals surface area contributed by atoms with Gasteiger partial charge in [-0.05, 0) is 148 Å². The largest absolute Gasteiger partial charge is 0.456 e. The highest BCUT2D eigenvalue weighted by atomic mass is 16.3.